The summed E-state index contributed by atoms with van der Waals surface area (Å²) in [5, 5.41) is 5.35. The Labute approximate surface area is 163 Å². The van der Waals surface area contributed by atoms with Gasteiger partial charge in [-0.05, 0) is 44.2 Å². The molecule has 1 saturated carbocycles. The summed E-state index contributed by atoms with van der Waals surface area (Å²) in [6, 6.07) is 8.27. The molecule has 0 aliphatic heterocycles. The van der Waals surface area contributed by atoms with E-state index in [2.05, 4.69) is 37.2 Å². The normalized spacial score (nSPS) is 16.3. The van der Waals surface area contributed by atoms with Gasteiger partial charge in [0.2, 0.25) is 5.89 Å². The van der Waals surface area contributed by atoms with E-state index in [1.165, 1.54) is 4.70 Å². The van der Waals surface area contributed by atoms with E-state index < -0.39 is 0 Å². The van der Waals surface area contributed by atoms with E-state index in [0.29, 0.717) is 11.7 Å². The molecular weight excluding hydrogens is 368 g/mol. The summed E-state index contributed by atoms with van der Waals surface area (Å²) >= 11 is 1.75. The van der Waals surface area contributed by atoms with Crippen molar-refractivity contribution in [1.29, 1.82) is 0 Å². The predicted octanol–water partition coefficient (Wildman–Crippen LogP) is 4.74. The summed E-state index contributed by atoms with van der Waals surface area (Å²) in [5.41, 5.74) is 6.87. The first-order chi connectivity index (χ1) is 12.1. The molecule has 2 heterocycles. The minimum Gasteiger partial charge on any atom is -0.339 e. The van der Waals surface area contributed by atoms with Crippen LogP contribution in [0.4, 0.5) is 0 Å². The van der Waals surface area contributed by atoms with Crippen molar-refractivity contribution >= 4 is 34.0 Å². The largest absolute Gasteiger partial charge is 0.339 e. The highest BCUT2D eigenvalue weighted by Gasteiger charge is 2.42. The van der Waals surface area contributed by atoms with Gasteiger partial charge in [-0.15, -0.1) is 23.7 Å². The molecule has 1 aliphatic carbocycles. The van der Waals surface area contributed by atoms with Crippen molar-refractivity contribution in [2.45, 2.75) is 63.3 Å². The molecule has 26 heavy (non-hydrogen) atoms. The highest BCUT2D eigenvalue weighted by atomic mass is 35.5. The summed E-state index contributed by atoms with van der Waals surface area (Å²) in [6.45, 7) is 4.37. The molecule has 2 aromatic heterocycles. The molecular formula is C19H25ClN4OS. The molecule has 0 unspecified atom stereocenters. The first-order valence-corrected chi connectivity index (χ1v) is 9.88. The molecule has 0 saturated heterocycles. The zero-order valence-corrected chi connectivity index (χ0v) is 16.8. The summed E-state index contributed by atoms with van der Waals surface area (Å²) in [7, 11) is 0. The van der Waals surface area contributed by atoms with Gasteiger partial charge < -0.3 is 10.3 Å². The molecule has 0 bridgehead atoms. The highest BCUT2D eigenvalue weighted by molar-refractivity contribution is 7.18. The third-order valence-electron chi connectivity index (χ3n) is 5.75. The number of hydrogen-bond donors (Lipinski definition) is 1. The molecule has 0 radical (unpaired) electrons. The Morgan fingerprint density at radius 1 is 1.19 bits per heavy atom. The zero-order valence-electron chi connectivity index (χ0n) is 15.2. The fourth-order valence-electron chi connectivity index (χ4n) is 3.59. The molecule has 0 amide bonds. The zero-order chi connectivity index (χ0) is 17.5. The third-order valence-corrected chi connectivity index (χ3v) is 6.79. The van der Waals surface area contributed by atoms with Gasteiger partial charge in [0.15, 0.2) is 5.82 Å². The van der Waals surface area contributed by atoms with E-state index in [1.54, 1.807) is 11.3 Å². The Balaban J connectivity index is 0.00000196. The smallest absolute Gasteiger partial charge is 0.233 e. The molecule has 0 spiro atoms. The molecule has 7 heteroatoms. The number of para-hydroxylation sites is 1. The maximum atomic E-state index is 6.37. The van der Waals surface area contributed by atoms with Crippen molar-refractivity contribution in [2.24, 2.45) is 5.73 Å². The van der Waals surface area contributed by atoms with E-state index in [-0.39, 0.29) is 23.4 Å². The number of benzene rings is 1. The topological polar surface area (TPSA) is 77.8 Å². The first-order valence-electron chi connectivity index (χ1n) is 9.06. The predicted molar refractivity (Wildman–Crippen MR) is 107 cm³/mol. The first kappa shape index (κ1) is 19.3. The van der Waals surface area contributed by atoms with Crippen LogP contribution in [0, 0.1) is 0 Å². The lowest BCUT2D eigenvalue weighted by Crippen LogP contribution is -2.44. The van der Waals surface area contributed by atoms with Crippen molar-refractivity contribution in [3.63, 3.8) is 0 Å². The Bertz CT molecular complexity index is 849. The second-order valence-electron chi connectivity index (χ2n) is 7.17. The quantitative estimate of drug-likeness (QED) is 0.655. The van der Waals surface area contributed by atoms with Crippen LogP contribution in [0.1, 0.15) is 62.7 Å². The van der Waals surface area contributed by atoms with E-state index >= 15 is 0 Å². The minimum atomic E-state index is -0.384. The average molecular weight is 393 g/mol. The number of aromatic nitrogens is 3. The maximum absolute atomic E-state index is 6.37. The van der Waals surface area contributed by atoms with Crippen molar-refractivity contribution in [3.8, 4) is 0 Å². The summed E-state index contributed by atoms with van der Waals surface area (Å²) in [6.07, 6.45) is 5.69. The Kier molecular flexibility index (Phi) is 5.37. The van der Waals surface area contributed by atoms with Gasteiger partial charge >= 0.3 is 0 Å². The van der Waals surface area contributed by atoms with E-state index in [9.17, 15) is 0 Å². The fraction of sp³-hybridized carbons (Fsp3) is 0.526. The standard InChI is InChI=1S/C19H24N4OS.ClH/c1-3-18(4-2,12-15-21-13-8-5-6-9-14(13)25-15)17-22-16(23-24-17)19(20)10-7-11-19;/h5-6,8-9H,3-4,7,10-12,20H2,1-2H3;1H. The number of halogens is 1. The number of nitrogens with two attached hydrogens (primary N) is 1. The monoisotopic (exact) mass is 392 g/mol. The molecule has 4 rings (SSSR count). The summed E-state index contributed by atoms with van der Waals surface area (Å²) in [4.78, 5) is 9.55. The summed E-state index contributed by atoms with van der Waals surface area (Å²) in [5.74, 6) is 1.38. The number of rotatable bonds is 6. The van der Waals surface area contributed by atoms with Crippen LogP contribution >= 0.6 is 23.7 Å². The number of thiazole rings is 1. The van der Waals surface area contributed by atoms with Crippen molar-refractivity contribution in [3.05, 3.63) is 41.0 Å². The number of hydrogen-bond acceptors (Lipinski definition) is 6. The van der Waals surface area contributed by atoms with Gasteiger partial charge in [0, 0.05) is 6.42 Å². The van der Waals surface area contributed by atoms with E-state index in [4.69, 9.17) is 20.2 Å². The average Bonchev–Trinajstić information content (AvgIpc) is 3.24. The Morgan fingerprint density at radius 3 is 2.54 bits per heavy atom. The summed E-state index contributed by atoms with van der Waals surface area (Å²) < 4.78 is 6.94. The SMILES string of the molecule is CCC(CC)(Cc1nc2ccccc2s1)c1nc(C2(N)CCC2)no1.Cl. The van der Waals surface area contributed by atoms with E-state index in [1.807, 2.05) is 6.07 Å². The van der Waals surface area contributed by atoms with Gasteiger partial charge in [0.05, 0.1) is 26.2 Å². The molecule has 140 valence electrons. The molecule has 1 aromatic carbocycles. The molecule has 0 atom stereocenters. The van der Waals surface area contributed by atoms with Crippen LogP contribution < -0.4 is 5.73 Å². The van der Waals surface area contributed by atoms with Gasteiger partial charge in [0.1, 0.15) is 0 Å². The van der Waals surface area contributed by atoms with Gasteiger partial charge in [-0.1, -0.05) is 31.1 Å². The minimum absolute atomic E-state index is 0. The lowest BCUT2D eigenvalue weighted by Gasteiger charge is -2.34. The Hall–Kier alpha value is -1.50. The molecule has 1 fully saturated rings. The van der Waals surface area contributed by atoms with Crippen LogP contribution in [0.2, 0.25) is 0 Å². The van der Waals surface area contributed by atoms with Crippen LogP contribution in [0.15, 0.2) is 28.8 Å². The molecule has 1 aliphatic rings. The van der Waals surface area contributed by atoms with Gasteiger partial charge in [-0.3, -0.25) is 0 Å². The highest BCUT2D eigenvalue weighted by Crippen LogP contribution is 2.40. The van der Waals surface area contributed by atoms with E-state index in [0.717, 1.165) is 49.0 Å². The van der Waals surface area contributed by atoms with Crippen LogP contribution in [0.5, 0.6) is 0 Å². The van der Waals surface area contributed by atoms with Crippen molar-refractivity contribution in [1.82, 2.24) is 15.1 Å². The third kappa shape index (κ3) is 3.15. The van der Waals surface area contributed by atoms with Crippen LogP contribution in [-0.2, 0) is 17.4 Å². The molecule has 5 nitrogen and oxygen atoms in total. The van der Waals surface area contributed by atoms with Gasteiger partial charge in [-0.25, -0.2) is 4.98 Å². The Morgan fingerprint density at radius 2 is 1.92 bits per heavy atom. The number of nitrogens with zero attached hydrogens (tertiary/aromatic N) is 3. The molecule has 3 aromatic rings. The molecule has 2 N–H and O–H groups in total. The fourth-order valence-corrected chi connectivity index (χ4v) is 4.70. The van der Waals surface area contributed by atoms with Crippen LogP contribution in [-0.4, -0.2) is 15.1 Å². The maximum Gasteiger partial charge on any atom is 0.233 e. The second-order valence-corrected chi connectivity index (χ2v) is 8.29. The lowest BCUT2D eigenvalue weighted by molar-refractivity contribution is 0.224. The van der Waals surface area contributed by atoms with Gasteiger partial charge in [0.25, 0.3) is 0 Å². The van der Waals surface area contributed by atoms with Crippen LogP contribution in [0.25, 0.3) is 10.2 Å². The number of fused-ring (bicyclic) bond motifs is 1. The van der Waals surface area contributed by atoms with Crippen molar-refractivity contribution in [2.75, 3.05) is 0 Å². The van der Waals surface area contributed by atoms with Crippen LogP contribution in [0.3, 0.4) is 0 Å². The van der Waals surface area contributed by atoms with Crippen molar-refractivity contribution < 1.29 is 4.52 Å². The second kappa shape index (κ2) is 7.25. The van der Waals surface area contributed by atoms with Gasteiger partial charge in [-0.2, -0.15) is 4.98 Å². The lowest BCUT2D eigenvalue weighted by atomic mass is 9.76.